The molecule has 0 saturated heterocycles. The van der Waals surface area contributed by atoms with Gasteiger partial charge in [-0.05, 0) is 30.6 Å². The number of amides is 2. The van der Waals surface area contributed by atoms with Crippen LogP contribution < -0.4 is 10.6 Å². The molecular formula is C14H26N2O3. The second-order valence-corrected chi connectivity index (χ2v) is 5.77. The molecule has 5 nitrogen and oxygen atoms in total. The first-order valence-electron chi connectivity index (χ1n) is 7.20. The van der Waals surface area contributed by atoms with Crippen molar-refractivity contribution in [1.82, 2.24) is 10.6 Å². The molecule has 1 saturated carbocycles. The first-order chi connectivity index (χ1) is 8.93. The Bertz CT molecular complexity index is 320. The molecule has 0 aliphatic heterocycles. The number of hydrogen-bond acceptors (Lipinski definition) is 2. The lowest BCUT2D eigenvalue weighted by atomic mass is 9.93. The molecule has 2 amide bonds. The van der Waals surface area contributed by atoms with Gasteiger partial charge in [-0.3, -0.25) is 4.79 Å². The Hall–Kier alpha value is -1.26. The van der Waals surface area contributed by atoms with Gasteiger partial charge in [-0.15, -0.1) is 0 Å². The molecule has 4 atom stereocenters. The van der Waals surface area contributed by atoms with Crippen LogP contribution in [0.4, 0.5) is 4.79 Å². The van der Waals surface area contributed by atoms with Crippen molar-refractivity contribution in [3.05, 3.63) is 0 Å². The summed E-state index contributed by atoms with van der Waals surface area (Å²) in [4.78, 5) is 22.3. The van der Waals surface area contributed by atoms with Crippen molar-refractivity contribution in [1.29, 1.82) is 0 Å². The van der Waals surface area contributed by atoms with E-state index in [0.29, 0.717) is 18.4 Å². The molecule has 5 heteroatoms. The molecule has 1 aliphatic carbocycles. The van der Waals surface area contributed by atoms with Gasteiger partial charge in [0.25, 0.3) is 0 Å². The normalized spacial score (nSPS) is 27.8. The van der Waals surface area contributed by atoms with E-state index >= 15 is 0 Å². The van der Waals surface area contributed by atoms with Gasteiger partial charge >= 0.3 is 12.0 Å². The summed E-state index contributed by atoms with van der Waals surface area (Å²) < 4.78 is 0. The second kappa shape index (κ2) is 7.36. The van der Waals surface area contributed by atoms with Crippen LogP contribution in [0.15, 0.2) is 0 Å². The van der Waals surface area contributed by atoms with Gasteiger partial charge in [-0.2, -0.15) is 0 Å². The fourth-order valence-electron chi connectivity index (χ4n) is 2.88. The summed E-state index contributed by atoms with van der Waals surface area (Å²) in [6.45, 7) is 6.60. The van der Waals surface area contributed by atoms with Crippen LogP contribution in [0.3, 0.4) is 0 Å². The van der Waals surface area contributed by atoms with E-state index in [-0.39, 0.29) is 24.4 Å². The van der Waals surface area contributed by atoms with Crippen molar-refractivity contribution in [3.63, 3.8) is 0 Å². The summed E-state index contributed by atoms with van der Waals surface area (Å²) in [6.07, 6.45) is 3.46. The summed E-state index contributed by atoms with van der Waals surface area (Å²) >= 11 is 0. The molecule has 0 aromatic carbocycles. The zero-order valence-electron chi connectivity index (χ0n) is 12.1. The van der Waals surface area contributed by atoms with E-state index in [1.807, 2.05) is 6.92 Å². The summed E-state index contributed by atoms with van der Waals surface area (Å²) in [7, 11) is 0. The highest BCUT2D eigenvalue weighted by Crippen LogP contribution is 2.33. The Morgan fingerprint density at radius 2 is 2.05 bits per heavy atom. The van der Waals surface area contributed by atoms with Crippen LogP contribution >= 0.6 is 0 Å². The van der Waals surface area contributed by atoms with Crippen molar-refractivity contribution in [2.45, 2.75) is 52.5 Å². The van der Waals surface area contributed by atoms with Crippen molar-refractivity contribution in [2.24, 2.45) is 17.8 Å². The zero-order chi connectivity index (χ0) is 14.4. The molecule has 110 valence electrons. The zero-order valence-corrected chi connectivity index (χ0v) is 12.1. The number of carboxylic acid groups (broad SMARTS) is 1. The number of carbonyl (C=O) groups excluding carboxylic acids is 1. The minimum absolute atomic E-state index is 0.0485. The molecule has 0 spiro atoms. The van der Waals surface area contributed by atoms with Gasteiger partial charge in [0.1, 0.15) is 0 Å². The minimum atomic E-state index is -0.829. The van der Waals surface area contributed by atoms with E-state index in [1.165, 1.54) is 6.42 Å². The highest BCUT2D eigenvalue weighted by Gasteiger charge is 2.32. The van der Waals surface area contributed by atoms with Gasteiger partial charge in [0.15, 0.2) is 0 Å². The van der Waals surface area contributed by atoms with E-state index in [4.69, 9.17) is 5.11 Å². The summed E-state index contributed by atoms with van der Waals surface area (Å²) in [6, 6.07) is 0.0746. The van der Waals surface area contributed by atoms with E-state index < -0.39 is 5.97 Å². The maximum absolute atomic E-state index is 11.8. The quantitative estimate of drug-likeness (QED) is 0.692. The van der Waals surface area contributed by atoms with Crippen LogP contribution in [0.5, 0.6) is 0 Å². The summed E-state index contributed by atoms with van der Waals surface area (Å²) in [5.41, 5.74) is 0. The molecular weight excluding hydrogens is 244 g/mol. The third-order valence-corrected chi connectivity index (χ3v) is 4.20. The van der Waals surface area contributed by atoms with Crippen LogP contribution in [0.25, 0.3) is 0 Å². The average molecular weight is 270 g/mol. The van der Waals surface area contributed by atoms with Crippen LogP contribution in [-0.2, 0) is 4.79 Å². The predicted octanol–water partition coefficient (Wildman–Crippen LogP) is 2.22. The number of carboxylic acids is 1. The van der Waals surface area contributed by atoms with Gasteiger partial charge in [0.2, 0.25) is 0 Å². The van der Waals surface area contributed by atoms with Crippen molar-refractivity contribution >= 4 is 12.0 Å². The molecule has 0 radical (unpaired) electrons. The highest BCUT2D eigenvalue weighted by molar-refractivity contribution is 5.74. The molecule has 0 bridgehead atoms. The SMILES string of the molecule is CCC1CCC(NC(=O)NCC(C)CC(=O)O)C1C. The fourth-order valence-corrected chi connectivity index (χ4v) is 2.88. The predicted molar refractivity (Wildman–Crippen MR) is 73.9 cm³/mol. The van der Waals surface area contributed by atoms with E-state index in [1.54, 1.807) is 0 Å². The molecule has 0 aromatic heterocycles. The highest BCUT2D eigenvalue weighted by atomic mass is 16.4. The second-order valence-electron chi connectivity index (χ2n) is 5.77. The number of aliphatic carboxylic acids is 1. The van der Waals surface area contributed by atoms with Gasteiger partial charge in [0.05, 0.1) is 0 Å². The molecule has 19 heavy (non-hydrogen) atoms. The van der Waals surface area contributed by atoms with Gasteiger partial charge < -0.3 is 15.7 Å². The lowest BCUT2D eigenvalue weighted by Gasteiger charge is -2.21. The Morgan fingerprint density at radius 1 is 1.37 bits per heavy atom. The fraction of sp³-hybridized carbons (Fsp3) is 0.857. The molecule has 0 aromatic rings. The van der Waals surface area contributed by atoms with Crippen molar-refractivity contribution in [3.8, 4) is 0 Å². The first-order valence-corrected chi connectivity index (χ1v) is 7.20. The molecule has 3 N–H and O–H groups in total. The largest absolute Gasteiger partial charge is 0.481 e. The summed E-state index contributed by atoms with van der Waals surface area (Å²) in [5, 5.41) is 14.4. The molecule has 4 unspecified atom stereocenters. The maximum atomic E-state index is 11.8. The molecule has 1 aliphatic rings. The van der Waals surface area contributed by atoms with Gasteiger partial charge in [-0.25, -0.2) is 4.79 Å². The smallest absolute Gasteiger partial charge is 0.315 e. The van der Waals surface area contributed by atoms with Crippen LogP contribution in [-0.4, -0.2) is 29.7 Å². The molecule has 1 rings (SSSR count). The third-order valence-electron chi connectivity index (χ3n) is 4.20. The first kappa shape index (κ1) is 15.8. The lowest BCUT2D eigenvalue weighted by Crippen LogP contribution is -2.45. The minimum Gasteiger partial charge on any atom is -0.481 e. The van der Waals surface area contributed by atoms with Crippen molar-refractivity contribution < 1.29 is 14.7 Å². The van der Waals surface area contributed by atoms with Gasteiger partial charge in [-0.1, -0.05) is 27.2 Å². The Kier molecular flexibility index (Phi) is 6.12. The van der Waals surface area contributed by atoms with Crippen LogP contribution in [0.2, 0.25) is 0 Å². The van der Waals surface area contributed by atoms with Crippen LogP contribution in [0, 0.1) is 17.8 Å². The average Bonchev–Trinajstić information content (AvgIpc) is 2.67. The number of hydrogen-bond donors (Lipinski definition) is 3. The number of nitrogens with one attached hydrogen (secondary N) is 2. The maximum Gasteiger partial charge on any atom is 0.315 e. The van der Waals surface area contributed by atoms with Crippen LogP contribution in [0.1, 0.15) is 46.5 Å². The Morgan fingerprint density at radius 3 is 2.58 bits per heavy atom. The Balaban J connectivity index is 2.26. The standard InChI is InChI=1S/C14H26N2O3/c1-4-11-5-6-12(10(11)3)16-14(19)15-8-9(2)7-13(17)18/h9-12H,4-8H2,1-3H3,(H,17,18)(H2,15,16,19). The van der Waals surface area contributed by atoms with E-state index in [2.05, 4.69) is 24.5 Å². The lowest BCUT2D eigenvalue weighted by molar-refractivity contribution is -0.137. The van der Waals surface area contributed by atoms with Crippen molar-refractivity contribution in [2.75, 3.05) is 6.54 Å². The van der Waals surface area contributed by atoms with E-state index in [0.717, 1.165) is 12.8 Å². The number of carbonyl (C=O) groups is 2. The number of urea groups is 1. The monoisotopic (exact) mass is 270 g/mol. The topological polar surface area (TPSA) is 78.4 Å². The third kappa shape index (κ3) is 5.09. The van der Waals surface area contributed by atoms with E-state index in [9.17, 15) is 9.59 Å². The molecule has 1 fully saturated rings. The Labute approximate surface area is 115 Å². The van der Waals surface area contributed by atoms with Gasteiger partial charge in [0, 0.05) is 19.0 Å². The number of rotatable bonds is 6. The molecule has 0 heterocycles. The summed E-state index contributed by atoms with van der Waals surface area (Å²) in [5.74, 6) is 0.348.